The number of nitrogens with zero attached hydrogens (tertiary/aromatic N) is 3. The Morgan fingerprint density at radius 1 is 1.62 bits per heavy atom. The highest BCUT2D eigenvalue weighted by Crippen LogP contribution is 2.17. The van der Waals surface area contributed by atoms with Crippen molar-refractivity contribution in [2.75, 3.05) is 0 Å². The van der Waals surface area contributed by atoms with Crippen molar-refractivity contribution in [3.63, 3.8) is 0 Å². The summed E-state index contributed by atoms with van der Waals surface area (Å²) in [6.45, 7) is -1.45. The summed E-state index contributed by atoms with van der Waals surface area (Å²) in [5.74, 6) is -1.49. The average Bonchev–Trinajstić information content (AvgIpc) is 2.31. The molecule has 0 unspecified atom stereocenters. The van der Waals surface area contributed by atoms with Gasteiger partial charge in [0.25, 0.3) is 0 Å². The van der Waals surface area contributed by atoms with E-state index in [4.69, 9.17) is 5.11 Å². The van der Waals surface area contributed by atoms with E-state index < -0.39 is 24.4 Å². The van der Waals surface area contributed by atoms with Gasteiger partial charge in [-0.15, -0.1) is 5.10 Å². The minimum atomic E-state index is -4.50. The van der Waals surface area contributed by atoms with Crippen LogP contribution in [0.2, 0.25) is 0 Å². The van der Waals surface area contributed by atoms with E-state index in [2.05, 4.69) is 10.3 Å². The Balaban J connectivity index is 2.89. The molecule has 13 heavy (non-hydrogen) atoms. The van der Waals surface area contributed by atoms with Gasteiger partial charge in [-0.3, -0.25) is 0 Å². The molecule has 0 amide bonds. The number of hydrogen-bond donors (Lipinski definition) is 1. The molecule has 0 aliphatic rings. The summed E-state index contributed by atoms with van der Waals surface area (Å²) in [7, 11) is 0. The second-order valence-corrected chi connectivity index (χ2v) is 2.20. The fourth-order valence-electron chi connectivity index (χ4n) is 0.710. The van der Waals surface area contributed by atoms with E-state index in [1.807, 2.05) is 0 Å². The fraction of sp³-hybridized carbons (Fsp3) is 0.400. The van der Waals surface area contributed by atoms with Gasteiger partial charge in [0.1, 0.15) is 6.54 Å². The molecule has 0 fully saturated rings. The number of carbonyl (C=O) groups is 1. The van der Waals surface area contributed by atoms with Crippen LogP contribution in [0.4, 0.5) is 13.2 Å². The van der Waals surface area contributed by atoms with Crippen LogP contribution in [0, 0.1) is 0 Å². The Hall–Kier alpha value is -1.60. The lowest BCUT2D eigenvalue weighted by atomic mass is 10.4. The number of aromatic nitrogens is 3. The number of alkyl halides is 3. The van der Waals surface area contributed by atoms with Gasteiger partial charge in [0.2, 0.25) is 0 Å². The summed E-state index contributed by atoms with van der Waals surface area (Å²) in [5.41, 5.74) is -0.586. The van der Waals surface area contributed by atoms with Gasteiger partial charge in [-0.25, -0.2) is 9.48 Å². The van der Waals surface area contributed by atoms with Crippen LogP contribution in [0.5, 0.6) is 0 Å². The summed E-state index contributed by atoms with van der Waals surface area (Å²) in [6, 6.07) is 0. The quantitative estimate of drug-likeness (QED) is 0.747. The van der Waals surface area contributed by atoms with Crippen molar-refractivity contribution < 1.29 is 23.1 Å². The molecule has 0 bridgehead atoms. The summed E-state index contributed by atoms with van der Waals surface area (Å²) in [5, 5.41) is 14.4. The second kappa shape index (κ2) is 3.04. The van der Waals surface area contributed by atoms with Gasteiger partial charge in [0.05, 0.1) is 6.20 Å². The van der Waals surface area contributed by atoms with Crippen LogP contribution in [-0.2, 0) is 6.54 Å². The van der Waals surface area contributed by atoms with Crippen LogP contribution in [0.15, 0.2) is 6.20 Å². The molecule has 72 valence electrons. The molecule has 0 radical (unpaired) electrons. The van der Waals surface area contributed by atoms with Crippen molar-refractivity contribution in [2.45, 2.75) is 12.7 Å². The predicted molar refractivity (Wildman–Crippen MR) is 33.0 cm³/mol. The molecule has 0 aliphatic carbocycles. The van der Waals surface area contributed by atoms with Gasteiger partial charge in [0.15, 0.2) is 5.69 Å². The maximum atomic E-state index is 11.8. The first-order valence-electron chi connectivity index (χ1n) is 3.08. The van der Waals surface area contributed by atoms with Gasteiger partial charge >= 0.3 is 12.1 Å². The Morgan fingerprint density at radius 2 is 2.23 bits per heavy atom. The number of halogens is 3. The van der Waals surface area contributed by atoms with E-state index in [1.54, 1.807) is 0 Å². The first-order chi connectivity index (χ1) is 5.90. The maximum Gasteiger partial charge on any atom is 0.408 e. The van der Waals surface area contributed by atoms with Crippen molar-refractivity contribution in [3.8, 4) is 0 Å². The lowest BCUT2D eigenvalue weighted by molar-refractivity contribution is -0.143. The highest BCUT2D eigenvalue weighted by Gasteiger charge is 2.30. The lowest BCUT2D eigenvalue weighted by Crippen LogP contribution is -2.22. The Kier molecular flexibility index (Phi) is 2.22. The third kappa shape index (κ3) is 2.42. The van der Waals surface area contributed by atoms with Crippen LogP contribution in [-0.4, -0.2) is 32.2 Å². The summed E-state index contributed by atoms with van der Waals surface area (Å²) in [4.78, 5) is 10.3. The molecule has 0 saturated heterocycles. The van der Waals surface area contributed by atoms with Crippen molar-refractivity contribution >= 4 is 5.97 Å². The van der Waals surface area contributed by atoms with E-state index in [0.717, 1.165) is 6.20 Å². The Labute approximate surface area is 69.8 Å². The van der Waals surface area contributed by atoms with E-state index in [9.17, 15) is 18.0 Å². The van der Waals surface area contributed by atoms with Gasteiger partial charge in [-0.2, -0.15) is 13.2 Å². The molecular formula is C5H4F3N3O2. The Bertz CT molecular complexity index is 319. The highest BCUT2D eigenvalue weighted by atomic mass is 19.4. The summed E-state index contributed by atoms with van der Waals surface area (Å²) < 4.78 is 35.6. The monoisotopic (exact) mass is 195 g/mol. The van der Waals surface area contributed by atoms with E-state index >= 15 is 0 Å². The minimum Gasteiger partial charge on any atom is -0.476 e. The number of rotatable bonds is 2. The van der Waals surface area contributed by atoms with Crippen LogP contribution in [0.1, 0.15) is 10.5 Å². The Morgan fingerprint density at radius 3 is 2.69 bits per heavy atom. The predicted octanol–water partition coefficient (Wildman–Crippen LogP) is 0.539. The van der Waals surface area contributed by atoms with Gasteiger partial charge < -0.3 is 5.11 Å². The van der Waals surface area contributed by atoms with E-state index in [0.29, 0.717) is 0 Å². The first kappa shape index (κ1) is 9.49. The number of hydrogen-bond acceptors (Lipinski definition) is 3. The fourth-order valence-corrected chi connectivity index (χ4v) is 0.710. The lowest BCUT2D eigenvalue weighted by Gasteiger charge is -2.06. The van der Waals surface area contributed by atoms with Gasteiger partial charge in [-0.1, -0.05) is 5.21 Å². The topological polar surface area (TPSA) is 68.0 Å². The summed E-state index contributed by atoms with van der Waals surface area (Å²) in [6.07, 6.45) is -3.74. The van der Waals surface area contributed by atoms with Crippen LogP contribution in [0.25, 0.3) is 0 Å². The van der Waals surface area contributed by atoms with Gasteiger partial charge in [0, 0.05) is 0 Å². The second-order valence-electron chi connectivity index (χ2n) is 2.20. The molecule has 0 aromatic carbocycles. The molecule has 0 atom stereocenters. The molecule has 1 aromatic rings. The molecule has 1 rings (SSSR count). The molecule has 0 aliphatic heterocycles. The van der Waals surface area contributed by atoms with Crippen LogP contribution < -0.4 is 0 Å². The van der Waals surface area contributed by atoms with Gasteiger partial charge in [-0.05, 0) is 0 Å². The van der Waals surface area contributed by atoms with Crippen LogP contribution >= 0.6 is 0 Å². The van der Waals surface area contributed by atoms with Crippen molar-refractivity contribution in [1.82, 2.24) is 15.0 Å². The third-order valence-corrected chi connectivity index (χ3v) is 1.17. The molecule has 1 heterocycles. The molecule has 5 nitrogen and oxygen atoms in total. The van der Waals surface area contributed by atoms with Crippen molar-refractivity contribution in [3.05, 3.63) is 11.9 Å². The van der Waals surface area contributed by atoms with E-state index in [-0.39, 0.29) is 4.68 Å². The zero-order chi connectivity index (χ0) is 10.1. The molecule has 0 spiro atoms. The standard InChI is InChI=1S/C5H4F3N3O2/c6-5(7,8)2-11-3(4(12)13)1-9-10-11/h1H,2H2,(H,12,13). The smallest absolute Gasteiger partial charge is 0.408 e. The number of aromatic carboxylic acids is 1. The largest absolute Gasteiger partial charge is 0.476 e. The maximum absolute atomic E-state index is 11.8. The third-order valence-electron chi connectivity index (χ3n) is 1.17. The van der Waals surface area contributed by atoms with Crippen molar-refractivity contribution in [2.24, 2.45) is 0 Å². The number of carboxylic acids is 1. The van der Waals surface area contributed by atoms with Crippen LogP contribution in [0.3, 0.4) is 0 Å². The number of carboxylic acid groups (broad SMARTS) is 1. The molecule has 0 saturated carbocycles. The average molecular weight is 195 g/mol. The SMILES string of the molecule is O=C(O)c1cnnn1CC(F)(F)F. The van der Waals surface area contributed by atoms with E-state index in [1.165, 1.54) is 0 Å². The molecular weight excluding hydrogens is 191 g/mol. The first-order valence-corrected chi connectivity index (χ1v) is 3.08. The highest BCUT2D eigenvalue weighted by molar-refractivity contribution is 5.85. The normalized spacial score (nSPS) is 11.6. The molecule has 8 heteroatoms. The minimum absolute atomic E-state index is 0.280. The zero-order valence-electron chi connectivity index (χ0n) is 6.12. The molecule has 1 N–H and O–H groups in total. The van der Waals surface area contributed by atoms with Crippen molar-refractivity contribution in [1.29, 1.82) is 0 Å². The zero-order valence-corrected chi connectivity index (χ0v) is 6.12. The molecule has 1 aromatic heterocycles. The summed E-state index contributed by atoms with van der Waals surface area (Å²) >= 11 is 0.